The minimum atomic E-state index is -0.405. The fourth-order valence-corrected chi connectivity index (χ4v) is 6.85. The number of rotatable bonds is 30. The highest BCUT2D eigenvalue weighted by atomic mass is 16.5. The smallest absolute Gasteiger partial charge is 0.343 e. The molecule has 0 fully saturated rings. The molecule has 4 aromatic rings. The zero-order valence-corrected chi connectivity index (χ0v) is 35.0. The number of carbonyl (C=O) groups is 2. The first-order valence-corrected chi connectivity index (χ1v) is 22.1. The van der Waals surface area contributed by atoms with Crippen molar-refractivity contribution in [1.82, 2.24) is 0 Å². The van der Waals surface area contributed by atoms with Crippen LogP contribution in [-0.2, 0) is 6.42 Å². The molecule has 0 bridgehead atoms. The van der Waals surface area contributed by atoms with E-state index in [1.165, 1.54) is 116 Å². The SMILES string of the molecule is CCCCCCCCCCCCOc1ccc(C(=O)Oc2ccc(Cc3ccc(OC(=O)c4ccc(OCCCCCCCCCCCC)cc4)cc3)cc2)cc1. The monoisotopic (exact) mass is 777 g/mol. The second kappa shape index (κ2) is 27.9. The molecule has 57 heavy (non-hydrogen) atoms. The van der Waals surface area contributed by atoms with E-state index in [9.17, 15) is 9.59 Å². The molecular weight excluding hydrogens is 709 g/mol. The molecule has 0 aromatic heterocycles. The van der Waals surface area contributed by atoms with Gasteiger partial charge in [-0.25, -0.2) is 9.59 Å². The number of carbonyl (C=O) groups excluding carboxylic acids is 2. The first-order valence-electron chi connectivity index (χ1n) is 22.1. The Kier molecular flexibility index (Phi) is 22.1. The third-order valence-corrected chi connectivity index (χ3v) is 10.4. The van der Waals surface area contributed by atoms with Gasteiger partial charge < -0.3 is 18.9 Å². The third-order valence-electron chi connectivity index (χ3n) is 10.4. The van der Waals surface area contributed by atoms with Crippen LogP contribution in [0.5, 0.6) is 23.0 Å². The average Bonchev–Trinajstić information content (AvgIpc) is 3.23. The summed E-state index contributed by atoms with van der Waals surface area (Å²) in [5, 5.41) is 0. The van der Waals surface area contributed by atoms with Crippen molar-refractivity contribution in [3.63, 3.8) is 0 Å². The van der Waals surface area contributed by atoms with Gasteiger partial charge in [0.2, 0.25) is 0 Å². The van der Waals surface area contributed by atoms with Crippen molar-refractivity contribution in [1.29, 1.82) is 0 Å². The molecule has 4 rings (SSSR count). The van der Waals surface area contributed by atoms with Crippen molar-refractivity contribution in [3.8, 4) is 23.0 Å². The summed E-state index contributed by atoms with van der Waals surface area (Å²) in [6, 6.07) is 29.3. The van der Waals surface area contributed by atoms with Gasteiger partial charge in [0.15, 0.2) is 0 Å². The number of esters is 2. The van der Waals surface area contributed by atoms with Crippen LogP contribution in [0, 0.1) is 0 Å². The molecule has 0 aliphatic rings. The molecule has 0 spiro atoms. The second-order valence-corrected chi connectivity index (χ2v) is 15.4. The minimum absolute atomic E-state index is 0.405. The molecule has 0 radical (unpaired) electrons. The Morgan fingerprint density at radius 2 is 0.632 bits per heavy atom. The maximum Gasteiger partial charge on any atom is 0.343 e. The van der Waals surface area contributed by atoms with Crippen LogP contribution in [0.25, 0.3) is 0 Å². The molecule has 0 N–H and O–H groups in total. The van der Waals surface area contributed by atoms with E-state index in [0.29, 0.717) is 42.3 Å². The Labute approximate surface area is 343 Å². The third kappa shape index (κ3) is 18.9. The van der Waals surface area contributed by atoms with Gasteiger partial charge in [0.25, 0.3) is 0 Å². The molecule has 0 heterocycles. The lowest BCUT2D eigenvalue weighted by atomic mass is 10.0. The molecule has 4 aromatic carbocycles. The summed E-state index contributed by atoms with van der Waals surface area (Å²) in [5.74, 6) is 1.70. The summed E-state index contributed by atoms with van der Waals surface area (Å²) >= 11 is 0. The Morgan fingerprint density at radius 1 is 0.351 bits per heavy atom. The summed E-state index contributed by atoms with van der Waals surface area (Å²) in [5.41, 5.74) is 3.09. The van der Waals surface area contributed by atoms with Gasteiger partial charge in [-0.05, 0) is 103 Å². The predicted molar refractivity (Wildman–Crippen MR) is 233 cm³/mol. The highest BCUT2D eigenvalue weighted by molar-refractivity contribution is 5.91. The molecule has 0 unspecified atom stereocenters. The van der Waals surface area contributed by atoms with Crippen molar-refractivity contribution in [3.05, 3.63) is 119 Å². The summed E-state index contributed by atoms with van der Waals surface area (Å²) in [6.45, 7) is 5.90. The van der Waals surface area contributed by atoms with Crippen molar-refractivity contribution < 1.29 is 28.5 Å². The van der Waals surface area contributed by atoms with E-state index in [-0.39, 0.29) is 0 Å². The molecule has 308 valence electrons. The van der Waals surface area contributed by atoms with Gasteiger partial charge in [0.1, 0.15) is 23.0 Å². The van der Waals surface area contributed by atoms with E-state index in [1.807, 2.05) is 72.8 Å². The molecule has 0 saturated heterocycles. The summed E-state index contributed by atoms with van der Waals surface area (Å²) < 4.78 is 23.0. The quantitative estimate of drug-likeness (QED) is 0.0298. The minimum Gasteiger partial charge on any atom is -0.494 e. The predicted octanol–water partition coefficient (Wildman–Crippen LogP) is 14.3. The Hall–Kier alpha value is -4.58. The van der Waals surface area contributed by atoms with Crippen LogP contribution in [0.4, 0.5) is 0 Å². The molecule has 0 saturated carbocycles. The van der Waals surface area contributed by atoms with E-state index in [4.69, 9.17) is 18.9 Å². The lowest BCUT2D eigenvalue weighted by Gasteiger charge is -2.09. The van der Waals surface area contributed by atoms with Crippen LogP contribution in [0.3, 0.4) is 0 Å². The van der Waals surface area contributed by atoms with Crippen molar-refractivity contribution in [2.24, 2.45) is 0 Å². The molecule has 0 aliphatic heterocycles. The highest BCUT2D eigenvalue weighted by Gasteiger charge is 2.11. The summed E-state index contributed by atoms with van der Waals surface area (Å²) in [4.78, 5) is 25.6. The van der Waals surface area contributed by atoms with Gasteiger partial charge in [-0.1, -0.05) is 154 Å². The molecule has 6 nitrogen and oxygen atoms in total. The molecule has 6 heteroatoms. The first-order chi connectivity index (χ1) is 28.0. The van der Waals surface area contributed by atoms with Crippen molar-refractivity contribution in [2.75, 3.05) is 13.2 Å². The zero-order chi connectivity index (χ0) is 40.2. The second-order valence-electron chi connectivity index (χ2n) is 15.4. The molecule has 0 aliphatic carbocycles. The lowest BCUT2D eigenvalue weighted by Crippen LogP contribution is -2.08. The number of hydrogen-bond acceptors (Lipinski definition) is 6. The number of benzene rings is 4. The van der Waals surface area contributed by atoms with Gasteiger partial charge >= 0.3 is 11.9 Å². The van der Waals surface area contributed by atoms with Crippen LogP contribution in [0.1, 0.15) is 174 Å². The average molecular weight is 777 g/mol. The molecular formula is C51H68O6. The van der Waals surface area contributed by atoms with Crippen molar-refractivity contribution in [2.45, 2.75) is 149 Å². The molecule has 0 atom stereocenters. The van der Waals surface area contributed by atoms with Crippen LogP contribution < -0.4 is 18.9 Å². The maximum absolute atomic E-state index is 12.8. The topological polar surface area (TPSA) is 71.1 Å². The largest absolute Gasteiger partial charge is 0.494 e. The number of unbranched alkanes of at least 4 members (excludes halogenated alkanes) is 18. The van der Waals surface area contributed by atoms with E-state index >= 15 is 0 Å². The fourth-order valence-electron chi connectivity index (χ4n) is 6.85. The van der Waals surface area contributed by atoms with E-state index in [2.05, 4.69) is 13.8 Å². The maximum atomic E-state index is 12.8. The lowest BCUT2D eigenvalue weighted by molar-refractivity contribution is 0.0725. The van der Waals surface area contributed by atoms with Crippen LogP contribution in [-0.4, -0.2) is 25.2 Å². The van der Waals surface area contributed by atoms with Gasteiger partial charge in [-0.15, -0.1) is 0 Å². The number of ether oxygens (including phenoxy) is 4. The fraction of sp³-hybridized carbons (Fsp3) is 0.490. The first kappa shape index (κ1) is 45.1. The van der Waals surface area contributed by atoms with Crippen LogP contribution >= 0.6 is 0 Å². The van der Waals surface area contributed by atoms with Crippen LogP contribution in [0.15, 0.2) is 97.1 Å². The molecule has 0 amide bonds. The van der Waals surface area contributed by atoms with E-state index in [1.54, 1.807) is 24.3 Å². The highest BCUT2D eigenvalue weighted by Crippen LogP contribution is 2.22. The van der Waals surface area contributed by atoms with E-state index < -0.39 is 11.9 Å². The van der Waals surface area contributed by atoms with Gasteiger partial charge in [0.05, 0.1) is 24.3 Å². The Balaban J connectivity index is 1.08. The summed E-state index contributed by atoms with van der Waals surface area (Å²) in [7, 11) is 0. The van der Waals surface area contributed by atoms with Gasteiger partial charge in [0, 0.05) is 0 Å². The standard InChI is InChI=1S/C51H68O6/c1-3-5-7-9-11-13-15-17-19-21-39-54-46-35-27-44(28-36-46)50(52)56-48-31-23-42(24-32-48)41-43-25-33-49(34-26-43)57-51(53)45-29-37-47(38-30-45)55-40-22-20-18-16-14-12-10-8-6-4-2/h23-38H,3-22,39-41H2,1-2H3. The van der Waals surface area contributed by atoms with Crippen LogP contribution in [0.2, 0.25) is 0 Å². The summed E-state index contributed by atoms with van der Waals surface area (Å²) in [6.07, 6.45) is 26.6. The Morgan fingerprint density at radius 3 is 0.947 bits per heavy atom. The normalized spacial score (nSPS) is 11.0. The van der Waals surface area contributed by atoms with Gasteiger partial charge in [-0.3, -0.25) is 0 Å². The van der Waals surface area contributed by atoms with Crippen molar-refractivity contribution >= 4 is 11.9 Å². The number of hydrogen-bond donors (Lipinski definition) is 0. The van der Waals surface area contributed by atoms with E-state index in [0.717, 1.165) is 35.5 Å². The zero-order valence-electron chi connectivity index (χ0n) is 35.0. The van der Waals surface area contributed by atoms with Gasteiger partial charge in [-0.2, -0.15) is 0 Å². The Bertz CT molecular complexity index is 1520.